The Labute approximate surface area is 141 Å². The van der Waals surface area contributed by atoms with Crippen molar-refractivity contribution >= 4 is 16.8 Å². The number of carbonyl (C=O) groups is 1. The van der Waals surface area contributed by atoms with Crippen LogP contribution in [-0.2, 0) is 11.3 Å². The fraction of sp³-hybridized carbons (Fsp3) is 0.368. The van der Waals surface area contributed by atoms with Crippen LogP contribution >= 0.6 is 0 Å². The number of para-hydroxylation sites is 1. The SMILES string of the molecule is O=C(CCn1ccc2ccccc21)NC1CCCC1n1ccnc1. The summed E-state index contributed by atoms with van der Waals surface area (Å²) in [5.74, 6) is 0.129. The summed E-state index contributed by atoms with van der Waals surface area (Å²) >= 11 is 0. The van der Waals surface area contributed by atoms with Crippen molar-refractivity contribution < 1.29 is 4.79 Å². The largest absolute Gasteiger partial charge is 0.351 e. The highest BCUT2D eigenvalue weighted by Crippen LogP contribution is 2.30. The van der Waals surface area contributed by atoms with Crippen molar-refractivity contribution in [2.24, 2.45) is 0 Å². The molecule has 1 aromatic carbocycles. The first-order valence-corrected chi connectivity index (χ1v) is 8.62. The van der Waals surface area contributed by atoms with Gasteiger partial charge in [-0.05, 0) is 36.8 Å². The summed E-state index contributed by atoms with van der Waals surface area (Å²) in [5.41, 5.74) is 1.18. The molecular weight excluding hydrogens is 300 g/mol. The second kappa shape index (κ2) is 6.51. The molecule has 2 aromatic heterocycles. The third-order valence-electron chi connectivity index (χ3n) is 4.99. The van der Waals surface area contributed by atoms with Gasteiger partial charge in [-0.15, -0.1) is 0 Å². The maximum Gasteiger partial charge on any atom is 0.222 e. The number of nitrogens with zero attached hydrogens (tertiary/aromatic N) is 3. The summed E-state index contributed by atoms with van der Waals surface area (Å²) in [5, 5.41) is 4.44. The molecule has 5 heteroatoms. The summed E-state index contributed by atoms with van der Waals surface area (Å²) in [4.78, 5) is 16.5. The Morgan fingerprint density at radius 3 is 3.00 bits per heavy atom. The zero-order chi connectivity index (χ0) is 16.4. The van der Waals surface area contributed by atoms with Crippen LogP contribution in [0.3, 0.4) is 0 Å². The molecule has 0 bridgehead atoms. The average molecular weight is 322 g/mol. The van der Waals surface area contributed by atoms with Gasteiger partial charge in [0.2, 0.25) is 5.91 Å². The molecule has 1 saturated carbocycles. The predicted octanol–water partition coefficient (Wildman–Crippen LogP) is 3.14. The predicted molar refractivity (Wildman–Crippen MR) is 93.6 cm³/mol. The number of fused-ring (bicyclic) bond motifs is 1. The second-order valence-corrected chi connectivity index (χ2v) is 6.50. The number of hydrogen-bond acceptors (Lipinski definition) is 2. The fourth-order valence-electron chi connectivity index (χ4n) is 3.77. The average Bonchev–Trinajstić information content (AvgIpc) is 3.33. The van der Waals surface area contributed by atoms with Crippen LogP contribution in [0.2, 0.25) is 0 Å². The van der Waals surface area contributed by atoms with E-state index in [0.717, 1.165) is 19.3 Å². The third-order valence-corrected chi connectivity index (χ3v) is 4.99. The van der Waals surface area contributed by atoms with Crippen LogP contribution in [0.15, 0.2) is 55.2 Å². The van der Waals surface area contributed by atoms with Gasteiger partial charge >= 0.3 is 0 Å². The standard InChI is InChI=1S/C19H22N4O/c24-19(9-12-22-11-8-15-4-1-2-6-17(15)22)21-16-5-3-7-18(16)23-13-10-20-14-23/h1-2,4,6,8,10-11,13-14,16,18H,3,5,7,9,12H2,(H,21,24). The van der Waals surface area contributed by atoms with Gasteiger partial charge in [0.15, 0.2) is 0 Å². The number of rotatable bonds is 5. The summed E-state index contributed by atoms with van der Waals surface area (Å²) < 4.78 is 4.27. The van der Waals surface area contributed by atoms with Crippen molar-refractivity contribution in [3.63, 3.8) is 0 Å². The Kier molecular flexibility index (Phi) is 4.07. The molecule has 1 amide bonds. The van der Waals surface area contributed by atoms with Gasteiger partial charge < -0.3 is 14.5 Å². The van der Waals surface area contributed by atoms with Crippen molar-refractivity contribution in [1.29, 1.82) is 0 Å². The molecule has 2 unspecified atom stereocenters. The second-order valence-electron chi connectivity index (χ2n) is 6.50. The van der Waals surface area contributed by atoms with E-state index >= 15 is 0 Å². The number of aryl methyl sites for hydroxylation is 1. The number of amides is 1. The Morgan fingerprint density at radius 1 is 1.21 bits per heavy atom. The highest BCUT2D eigenvalue weighted by atomic mass is 16.1. The molecule has 2 atom stereocenters. The summed E-state index contributed by atoms with van der Waals surface area (Å²) in [6.07, 6.45) is 11.5. The summed E-state index contributed by atoms with van der Waals surface area (Å²) in [6.45, 7) is 0.710. The van der Waals surface area contributed by atoms with Gasteiger partial charge in [0, 0.05) is 43.1 Å². The Bertz CT molecular complexity index is 821. The van der Waals surface area contributed by atoms with E-state index in [-0.39, 0.29) is 11.9 Å². The Balaban J connectivity index is 1.36. The smallest absolute Gasteiger partial charge is 0.222 e. The van der Waals surface area contributed by atoms with Crippen LogP contribution in [0.5, 0.6) is 0 Å². The highest BCUT2D eigenvalue weighted by Gasteiger charge is 2.29. The van der Waals surface area contributed by atoms with E-state index in [0.29, 0.717) is 19.0 Å². The number of nitrogens with one attached hydrogen (secondary N) is 1. The van der Waals surface area contributed by atoms with Crippen LogP contribution in [0, 0.1) is 0 Å². The first-order valence-electron chi connectivity index (χ1n) is 8.62. The van der Waals surface area contributed by atoms with Gasteiger partial charge in [0.05, 0.1) is 12.4 Å². The topological polar surface area (TPSA) is 51.9 Å². The minimum absolute atomic E-state index is 0.129. The lowest BCUT2D eigenvalue weighted by molar-refractivity contribution is -0.122. The minimum Gasteiger partial charge on any atom is -0.351 e. The van der Waals surface area contributed by atoms with Crippen molar-refractivity contribution in [1.82, 2.24) is 19.4 Å². The van der Waals surface area contributed by atoms with Crippen LogP contribution < -0.4 is 5.32 Å². The summed E-state index contributed by atoms with van der Waals surface area (Å²) in [6, 6.07) is 10.9. The molecule has 0 radical (unpaired) electrons. The molecular formula is C19H22N4O. The fourth-order valence-corrected chi connectivity index (χ4v) is 3.77. The Morgan fingerprint density at radius 2 is 2.12 bits per heavy atom. The van der Waals surface area contributed by atoms with Gasteiger partial charge in [0.25, 0.3) is 0 Å². The monoisotopic (exact) mass is 322 g/mol. The number of aromatic nitrogens is 3. The zero-order valence-electron chi connectivity index (χ0n) is 13.6. The molecule has 3 aromatic rings. The van der Waals surface area contributed by atoms with E-state index < -0.39 is 0 Å². The lowest BCUT2D eigenvalue weighted by atomic mass is 10.1. The Hall–Kier alpha value is -2.56. The number of benzene rings is 1. The molecule has 1 fully saturated rings. The molecule has 24 heavy (non-hydrogen) atoms. The van der Waals surface area contributed by atoms with Crippen molar-refractivity contribution in [2.45, 2.75) is 44.3 Å². The van der Waals surface area contributed by atoms with Crippen molar-refractivity contribution in [3.8, 4) is 0 Å². The van der Waals surface area contributed by atoms with E-state index in [1.165, 1.54) is 10.9 Å². The molecule has 1 aliphatic rings. The number of hydrogen-bond donors (Lipinski definition) is 1. The number of imidazole rings is 1. The third kappa shape index (κ3) is 2.94. The van der Waals surface area contributed by atoms with Gasteiger partial charge in [-0.3, -0.25) is 4.79 Å². The van der Waals surface area contributed by atoms with E-state index in [1.54, 1.807) is 6.20 Å². The van der Waals surface area contributed by atoms with E-state index in [2.05, 4.69) is 43.8 Å². The molecule has 124 valence electrons. The lowest BCUT2D eigenvalue weighted by Gasteiger charge is -2.22. The van der Waals surface area contributed by atoms with Crippen molar-refractivity contribution in [3.05, 3.63) is 55.2 Å². The first kappa shape index (κ1) is 15.0. The molecule has 4 rings (SSSR count). The molecule has 1 N–H and O–H groups in total. The quantitative estimate of drug-likeness (QED) is 0.784. The normalized spacial score (nSPS) is 20.5. The van der Waals surface area contributed by atoms with Gasteiger partial charge in [0.1, 0.15) is 0 Å². The molecule has 1 aliphatic carbocycles. The van der Waals surface area contributed by atoms with E-state index in [4.69, 9.17) is 0 Å². The van der Waals surface area contributed by atoms with Gasteiger partial charge in [-0.2, -0.15) is 0 Å². The van der Waals surface area contributed by atoms with Crippen LogP contribution in [0.25, 0.3) is 10.9 Å². The molecule has 2 heterocycles. The summed E-state index contributed by atoms with van der Waals surface area (Å²) in [7, 11) is 0. The molecule has 0 saturated heterocycles. The van der Waals surface area contributed by atoms with Crippen LogP contribution in [0.4, 0.5) is 0 Å². The minimum atomic E-state index is 0.129. The maximum absolute atomic E-state index is 12.4. The molecule has 0 aliphatic heterocycles. The first-order chi connectivity index (χ1) is 11.8. The molecule has 5 nitrogen and oxygen atoms in total. The zero-order valence-corrected chi connectivity index (χ0v) is 13.6. The van der Waals surface area contributed by atoms with Gasteiger partial charge in [-0.1, -0.05) is 18.2 Å². The van der Waals surface area contributed by atoms with E-state index in [1.807, 2.05) is 24.7 Å². The van der Waals surface area contributed by atoms with Gasteiger partial charge in [-0.25, -0.2) is 4.98 Å². The number of carbonyl (C=O) groups excluding carboxylic acids is 1. The van der Waals surface area contributed by atoms with Crippen LogP contribution in [-0.4, -0.2) is 26.1 Å². The lowest BCUT2D eigenvalue weighted by Crippen LogP contribution is -2.38. The maximum atomic E-state index is 12.4. The van der Waals surface area contributed by atoms with Crippen LogP contribution in [0.1, 0.15) is 31.7 Å². The van der Waals surface area contributed by atoms with Crippen molar-refractivity contribution in [2.75, 3.05) is 0 Å². The highest BCUT2D eigenvalue weighted by molar-refractivity contribution is 5.80. The molecule has 0 spiro atoms. The van der Waals surface area contributed by atoms with E-state index in [9.17, 15) is 4.79 Å².